The molecule has 56 heavy (non-hydrogen) atoms. The quantitative estimate of drug-likeness (QED) is 0.177. The summed E-state index contributed by atoms with van der Waals surface area (Å²) in [6.07, 6.45) is 0. The molecule has 11 rings (SSSR count). The van der Waals surface area contributed by atoms with E-state index in [0.29, 0.717) is 5.69 Å². The predicted octanol–water partition coefficient (Wildman–Crippen LogP) is 12.1. The molecular weight excluding hydrogens is 685 g/mol. The average molecular weight is 725 g/mol. The maximum Gasteiger partial charge on any atom is 0.166 e. The third kappa shape index (κ3) is 4.92. The van der Waals surface area contributed by atoms with Crippen LogP contribution in [0.2, 0.25) is 0 Å². The third-order valence-corrected chi connectivity index (χ3v) is 10.2. The summed E-state index contributed by atoms with van der Waals surface area (Å²) in [6.45, 7) is 0. The summed E-state index contributed by atoms with van der Waals surface area (Å²) < 4.78 is 90.2. The smallest absolute Gasteiger partial charge is 0.166 e. The Balaban J connectivity index is 1.28. The molecule has 11 aromatic rings. The second-order valence-electron chi connectivity index (χ2n) is 13.2. The molecule has 0 amide bonds. The van der Waals surface area contributed by atoms with E-state index in [2.05, 4.69) is 74.8 Å². The molecule has 0 N–H and O–H groups in total. The van der Waals surface area contributed by atoms with Gasteiger partial charge in [0.05, 0.1) is 53.1 Å². The van der Waals surface area contributed by atoms with Crippen LogP contribution in [0.15, 0.2) is 182 Å². The Morgan fingerprint density at radius 2 is 1.12 bits per heavy atom. The van der Waals surface area contributed by atoms with Crippen molar-refractivity contribution in [3.63, 3.8) is 0 Å². The van der Waals surface area contributed by atoms with Crippen LogP contribution in [-0.4, -0.2) is 24.1 Å². The van der Waals surface area contributed by atoms with Crippen LogP contribution < -0.4 is 0 Å². The number of nitriles is 1. The standard InChI is InChI=1S/C50H30N6/c51-31-32-23-27-44(41(29-32)50-53-48(34-14-3-1-4-15-34)52-49(54-50)35-16-5-2-6-17-35)56-42-21-11-9-19-38(42)39-26-28-45-46(47(39)56)40-20-10-12-22-43(40)55(45)37-25-24-33-13-7-8-18-36(33)30-37/h1-30H/i1D,2D,3D,4D,5D,6D,14D,15D,16D,17D. The van der Waals surface area contributed by atoms with Gasteiger partial charge in [-0.2, -0.15) is 5.26 Å². The number of benzene rings is 8. The van der Waals surface area contributed by atoms with Crippen molar-refractivity contribution in [3.05, 3.63) is 187 Å². The van der Waals surface area contributed by atoms with Crippen LogP contribution in [0.5, 0.6) is 0 Å². The largest absolute Gasteiger partial charge is 0.309 e. The van der Waals surface area contributed by atoms with Crippen LogP contribution in [0.4, 0.5) is 0 Å². The van der Waals surface area contributed by atoms with E-state index in [1.165, 1.54) is 0 Å². The first-order chi connectivity index (χ1) is 31.9. The second-order valence-corrected chi connectivity index (χ2v) is 13.2. The Morgan fingerprint density at radius 3 is 1.84 bits per heavy atom. The van der Waals surface area contributed by atoms with E-state index in [4.69, 9.17) is 23.7 Å². The van der Waals surface area contributed by atoms with Crippen molar-refractivity contribution in [1.29, 1.82) is 5.26 Å². The Bertz CT molecular complexity index is 3840. The first-order valence-electron chi connectivity index (χ1n) is 22.8. The zero-order valence-electron chi connectivity index (χ0n) is 39.2. The lowest BCUT2D eigenvalue weighted by Gasteiger charge is -2.15. The number of rotatable bonds is 5. The zero-order chi connectivity index (χ0) is 45.9. The summed E-state index contributed by atoms with van der Waals surface area (Å²) in [5.74, 6) is -0.970. The third-order valence-electron chi connectivity index (χ3n) is 10.2. The van der Waals surface area contributed by atoms with Gasteiger partial charge in [0.25, 0.3) is 0 Å². The highest BCUT2D eigenvalue weighted by Gasteiger charge is 2.24. The van der Waals surface area contributed by atoms with Gasteiger partial charge in [-0.15, -0.1) is 0 Å². The van der Waals surface area contributed by atoms with Crippen molar-refractivity contribution >= 4 is 54.4 Å². The molecule has 3 aromatic heterocycles. The molecule has 0 aliphatic carbocycles. The molecule has 6 nitrogen and oxygen atoms in total. The lowest BCUT2D eigenvalue weighted by molar-refractivity contribution is 1.06. The molecule has 0 aliphatic rings. The summed E-state index contributed by atoms with van der Waals surface area (Å²) in [5, 5.41) is 16.3. The highest BCUT2D eigenvalue weighted by molar-refractivity contribution is 6.26. The van der Waals surface area contributed by atoms with Gasteiger partial charge in [-0.25, -0.2) is 15.0 Å². The molecule has 8 aromatic carbocycles. The molecule has 0 saturated carbocycles. The van der Waals surface area contributed by atoms with Crippen LogP contribution >= 0.6 is 0 Å². The van der Waals surface area contributed by atoms with Gasteiger partial charge in [-0.05, 0) is 59.3 Å². The summed E-state index contributed by atoms with van der Waals surface area (Å²) >= 11 is 0. The van der Waals surface area contributed by atoms with Crippen LogP contribution in [-0.2, 0) is 0 Å². The van der Waals surface area contributed by atoms with Crippen LogP contribution in [0, 0.1) is 11.3 Å². The van der Waals surface area contributed by atoms with Gasteiger partial charge in [0, 0.05) is 43.9 Å². The number of nitrogens with zero attached hydrogens (tertiary/aromatic N) is 6. The van der Waals surface area contributed by atoms with Gasteiger partial charge < -0.3 is 9.13 Å². The number of fused-ring (bicyclic) bond motifs is 8. The van der Waals surface area contributed by atoms with Gasteiger partial charge in [-0.1, -0.05) is 133 Å². The molecule has 0 spiro atoms. The first-order valence-corrected chi connectivity index (χ1v) is 17.8. The fourth-order valence-corrected chi connectivity index (χ4v) is 7.78. The van der Waals surface area contributed by atoms with E-state index in [0.717, 1.165) is 60.1 Å². The number of hydrogen-bond donors (Lipinski definition) is 0. The minimum absolute atomic E-state index is 0.155. The second kappa shape index (κ2) is 12.6. The van der Waals surface area contributed by atoms with Gasteiger partial charge >= 0.3 is 0 Å². The Morgan fingerprint density at radius 1 is 0.500 bits per heavy atom. The molecule has 0 saturated heterocycles. The highest BCUT2D eigenvalue weighted by atomic mass is 15.1. The van der Waals surface area contributed by atoms with E-state index >= 15 is 0 Å². The highest BCUT2D eigenvalue weighted by Crippen LogP contribution is 2.43. The summed E-state index contributed by atoms with van der Waals surface area (Å²) in [7, 11) is 0. The van der Waals surface area contributed by atoms with Crippen molar-refractivity contribution < 1.29 is 13.7 Å². The molecular formula is C50H30N6. The molecule has 0 fully saturated rings. The van der Waals surface area contributed by atoms with Gasteiger partial charge in [0.1, 0.15) is 0 Å². The average Bonchev–Trinajstić information content (AvgIpc) is 3.86. The molecule has 0 radical (unpaired) electrons. The van der Waals surface area contributed by atoms with Gasteiger partial charge in [0.2, 0.25) is 0 Å². The molecule has 260 valence electrons. The van der Waals surface area contributed by atoms with Crippen molar-refractivity contribution in [1.82, 2.24) is 24.1 Å². The number of hydrogen-bond acceptors (Lipinski definition) is 4. The van der Waals surface area contributed by atoms with Gasteiger partial charge in [-0.3, -0.25) is 0 Å². The Labute approximate surface area is 335 Å². The van der Waals surface area contributed by atoms with Crippen LogP contribution in [0.25, 0.3) is 99.9 Å². The fourth-order valence-electron chi connectivity index (χ4n) is 7.78. The van der Waals surface area contributed by atoms with Crippen molar-refractivity contribution in [2.75, 3.05) is 0 Å². The number of para-hydroxylation sites is 2. The maximum atomic E-state index is 10.4. The molecule has 6 heteroatoms. The Kier molecular flexibility index (Phi) is 5.19. The fraction of sp³-hybridized carbons (Fsp3) is 0. The summed E-state index contributed by atoms with van der Waals surface area (Å²) in [6, 6.07) is 35.7. The van der Waals surface area contributed by atoms with E-state index in [1.807, 2.05) is 48.5 Å². The minimum atomic E-state index is -0.651. The molecule has 0 atom stereocenters. The summed E-state index contributed by atoms with van der Waals surface area (Å²) in [5.41, 5.74) is 4.62. The van der Waals surface area contributed by atoms with Crippen molar-refractivity contribution in [2.24, 2.45) is 0 Å². The van der Waals surface area contributed by atoms with E-state index in [-0.39, 0.29) is 17.0 Å². The van der Waals surface area contributed by atoms with Gasteiger partial charge in [0.15, 0.2) is 17.5 Å². The van der Waals surface area contributed by atoms with Crippen LogP contribution in [0.1, 0.15) is 19.3 Å². The normalized spacial score (nSPS) is 14.1. The zero-order valence-corrected chi connectivity index (χ0v) is 29.2. The summed E-state index contributed by atoms with van der Waals surface area (Å²) in [4.78, 5) is 14.0. The minimum Gasteiger partial charge on any atom is -0.309 e. The molecule has 0 aliphatic heterocycles. The van der Waals surface area contributed by atoms with Crippen molar-refractivity contribution in [2.45, 2.75) is 0 Å². The lowest BCUT2D eigenvalue weighted by atomic mass is 10.1. The van der Waals surface area contributed by atoms with Crippen LogP contribution in [0.3, 0.4) is 0 Å². The maximum absolute atomic E-state index is 10.4. The van der Waals surface area contributed by atoms with E-state index in [9.17, 15) is 5.26 Å². The predicted molar refractivity (Wildman–Crippen MR) is 227 cm³/mol. The lowest BCUT2D eigenvalue weighted by Crippen LogP contribution is -2.04. The van der Waals surface area contributed by atoms with Crippen molar-refractivity contribution in [3.8, 4) is 51.6 Å². The number of aromatic nitrogens is 5. The monoisotopic (exact) mass is 724 g/mol. The van der Waals surface area contributed by atoms with E-state index < -0.39 is 83.2 Å². The molecule has 0 bridgehead atoms. The Hall–Kier alpha value is -7.88. The molecule has 3 heterocycles. The van der Waals surface area contributed by atoms with E-state index in [1.54, 1.807) is 18.2 Å². The molecule has 0 unspecified atom stereocenters. The topological polar surface area (TPSA) is 72.3 Å². The first kappa shape index (κ1) is 23.0. The SMILES string of the molecule is [2H]c1c([2H])c([2H])c(-c2nc(-c3cc(C#N)ccc3-n3c4ccccc4c4ccc5c(c6ccccc6n5-c5ccc6ccccc6c5)c43)nc(-c3c([2H])c([2H])c([2H])c([2H])c3[2H])n2)c([2H])c1[2H].